The van der Waals surface area contributed by atoms with Crippen LogP contribution in [0.15, 0.2) is 24.4 Å². The number of hydrogen-bond donors (Lipinski definition) is 1. The second-order valence-corrected chi connectivity index (χ2v) is 5.48. The monoisotopic (exact) mass is 312 g/mol. The largest absolute Gasteiger partial charge is 0.376 e. The normalized spacial score (nSPS) is 11.1. The number of nitrogens with one attached hydrogen (secondary N) is 1. The second kappa shape index (κ2) is 5.00. The summed E-state index contributed by atoms with van der Waals surface area (Å²) >= 11 is 13.4. The summed E-state index contributed by atoms with van der Waals surface area (Å²) in [5.41, 5.74) is 3.33. The highest BCUT2D eigenvalue weighted by atomic mass is 35.5. The van der Waals surface area contributed by atoms with Crippen molar-refractivity contribution >= 4 is 51.7 Å². The molecule has 0 saturated heterocycles. The molecule has 2 aromatic heterocycles. The van der Waals surface area contributed by atoms with Crippen LogP contribution in [-0.4, -0.2) is 13.3 Å². The molecule has 2 heterocycles. The van der Waals surface area contributed by atoms with Crippen molar-refractivity contribution in [3.8, 4) is 0 Å². The van der Waals surface area contributed by atoms with Gasteiger partial charge in [-0.1, -0.05) is 23.2 Å². The summed E-state index contributed by atoms with van der Waals surface area (Å²) in [6, 6.07) is 5.74. The van der Waals surface area contributed by atoms with Crippen LogP contribution in [-0.2, 0) is 13.6 Å². The summed E-state index contributed by atoms with van der Waals surface area (Å²) in [4.78, 5) is 0. The highest BCUT2D eigenvalue weighted by Crippen LogP contribution is 2.35. The molecule has 3 aromatic rings. The number of halogens is 2. The number of nitrogens with zero attached hydrogens (tertiary/aromatic N) is 3. The van der Waals surface area contributed by atoms with E-state index in [9.17, 15) is 0 Å². The topological polar surface area (TPSA) is 42.7 Å². The van der Waals surface area contributed by atoms with E-state index in [4.69, 9.17) is 23.2 Å². The number of aryl methyl sites for hydroxylation is 1. The Bertz CT molecular complexity index is 734. The van der Waals surface area contributed by atoms with Crippen molar-refractivity contribution in [2.45, 2.75) is 6.54 Å². The van der Waals surface area contributed by atoms with E-state index in [0.717, 1.165) is 28.6 Å². The maximum Gasteiger partial charge on any atom is 0.130 e. The minimum atomic E-state index is 0.526. The number of fused-ring (bicyclic) bond motifs is 1. The van der Waals surface area contributed by atoms with Gasteiger partial charge in [0, 0.05) is 18.9 Å². The molecule has 3 rings (SSSR count). The lowest BCUT2D eigenvalue weighted by atomic mass is 10.2. The molecule has 0 bridgehead atoms. The zero-order chi connectivity index (χ0) is 13.4. The van der Waals surface area contributed by atoms with Crippen LogP contribution in [0.3, 0.4) is 0 Å². The first-order chi connectivity index (χ1) is 9.16. The zero-order valence-corrected chi connectivity index (χ0v) is 12.4. The van der Waals surface area contributed by atoms with Gasteiger partial charge in [0.15, 0.2) is 0 Å². The molecule has 98 valence electrons. The fourth-order valence-corrected chi connectivity index (χ4v) is 3.08. The van der Waals surface area contributed by atoms with Crippen LogP contribution in [0.1, 0.15) is 5.69 Å². The van der Waals surface area contributed by atoms with Gasteiger partial charge in [-0.2, -0.15) is 8.75 Å². The van der Waals surface area contributed by atoms with E-state index in [0.29, 0.717) is 22.1 Å². The lowest BCUT2D eigenvalue weighted by Crippen LogP contribution is -2.05. The molecule has 0 aliphatic rings. The van der Waals surface area contributed by atoms with E-state index in [1.165, 1.54) is 0 Å². The summed E-state index contributed by atoms with van der Waals surface area (Å²) in [7, 11) is 2.00. The van der Waals surface area contributed by atoms with Gasteiger partial charge in [-0.15, -0.1) is 0 Å². The Hall–Kier alpha value is -1.30. The Balaban J connectivity index is 1.97. The standard InChI is InChI=1S/C12H10Cl2N4S/c1-18-4-2-3-7(18)6-15-10-8(13)5-9(14)11-12(10)17-19-16-11/h2-5,15H,6H2,1H3. The Labute approximate surface area is 124 Å². The van der Waals surface area contributed by atoms with Crippen LogP contribution >= 0.6 is 34.9 Å². The van der Waals surface area contributed by atoms with E-state index < -0.39 is 0 Å². The summed E-state index contributed by atoms with van der Waals surface area (Å²) in [5.74, 6) is 0. The van der Waals surface area contributed by atoms with Crippen LogP contribution in [0.4, 0.5) is 5.69 Å². The van der Waals surface area contributed by atoms with Gasteiger partial charge in [0.2, 0.25) is 0 Å². The second-order valence-electron chi connectivity index (χ2n) is 4.14. The molecule has 0 amide bonds. The van der Waals surface area contributed by atoms with Gasteiger partial charge in [-0.25, -0.2) is 0 Å². The number of benzene rings is 1. The molecular weight excluding hydrogens is 303 g/mol. The predicted octanol–water partition coefficient (Wildman–Crippen LogP) is 3.95. The van der Waals surface area contributed by atoms with Crippen LogP contribution < -0.4 is 5.32 Å². The highest BCUT2D eigenvalue weighted by molar-refractivity contribution is 7.00. The Kier molecular flexibility index (Phi) is 3.35. The number of aromatic nitrogens is 3. The summed E-state index contributed by atoms with van der Waals surface area (Å²) in [6.07, 6.45) is 2.00. The first-order valence-electron chi connectivity index (χ1n) is 5.61. The summed E-state index contributed by atoms with van der Waals surface area (Å²) < 4.78 is 10.5. The third-order valence-corrected chi connectivity index (χ3v) is 4.06. The van der Waals surface area contributed by atoms with Gasteiger partial charge < -0.3 is 9.88 Å². The molecule has 0 aliphatic carbocycles. The van der Waals surface area contributed by atoms with E-state index in [1.54, 1.807) is 6.07 Å². The van der Waals surface area contributed by atoms with Crippen molar-refractivity contribution in [3.05, 3.63) is 40.1 Å². The summed E-state index contributed by atoms with van der Waals surface area (Å²) in [5, 5.41) is 4.39. The predicted molar refractivity (Wildman–Crippen MR) is 80.2 cm³/mol. The number of rotatable bonds is 3. The van der Waals surface area contributed by atoms with Crippen molar-refractivity contribution in [1.82, 2.24) is 13.3 Å². The molecule has 0 unspecified atom stereocenters. The molecule has 7 heteroatoms. The number of hydrogen-bond acceptors (Lipinski definition) is 4. The lowest BCUT2D eigenvalue weighted by molar-refractivity contribution is 0.843. The first kappa shape index (κ1) is 12.7. The molecule has 1 N–H and O–H groups in total. The number of anilines is 1. The molecule has 0 spiro atoms. The van der Waals surface area contributed by atoms with Crippen LogP contribution in [0.25, 0.3) is 11.0 Å². The molecule has 19 heavy (non-hydrogen) atoms. The van der Waals surface area contributed by atoms with Crippen LogP contribution in [0.5, 0.6) is 0 Å². The van der Waals surface area contributed by atoms with E-state index in [2.05, 4.69) is 14.1 Å². The van der Waals surface area contributed by atoms with Crippen molar-refractivity contribution in [2.75, 3.05) is 5.32 Å². The van der Waals surface area contributed by atoms with Crippen molar-refractivity contribution in [1.29, 1.82) is 0 Å². The van der Waals surface area contributed by atoms with Crippen molar-refractivity contribution < 1.29 is 0 Å². The van der Waals surface area contributed by atoms with Gasteiger partial charge in [-0.3, -0.25) is 0 Å². The average Bonchev–Trinajstić information content (AvgIpc) is 2.98. The quantitative estimate of drug-likeness (QED) is 0.796. The fourth-order valence-electron chi connectivity index (χ4n) is 1.90. The Morgan fingerprint density at radius 2 is 2.05 bits per heavy atom. The maximum atomic E-state index is 6.23. The van der Waals surface area contributed by atoms with Crippen LogP contribution in [0.2, 0.25) is 10.0 Å². The molecular formula is C12H10Cl2N4S. The maximum absolute atomic E-state index is 6.23. The van der Waals surface area contributed by atoms with E-state index in [1.807, 2.05) is 29.9 Å². The molecule has 0 fully saturated rings. The lowest BCUT2D eigenvalue weighted by Gasteiger charge is -2.10. The molecule has 0 aliphatic heterocycles. The van der Waals surface area contributed by atoms with Crippen LogP contribution in [0, 0.1) is 0 Å². The molecule has 4 nitrogen and oxygen atoms in total. The van der Waals surface area contributed by atoms with E-state index in [-0.39, 0.29) is 0 Å². The third-order valence-electron chi connectivity index (χ3n) is 2.94. The molecule has 1 aromatic carbocycles. The molecule has 0 radical (unpaired) electrons. The molecule has 0 atom stereocenters. The average molecular weight is 313 g/mol. The SMILES string of the molecule is Cn1cccc1CNc1c(Cl)cc(Cl)c2nsnc12. The first-order valence-corrected chi connectivity index (χ1v) is 7.10. The third kappa shape index (κ3) is 2.29. The van der Waals surface area contributed by atoms with E-state index >= 15 is 0 Å². The minimum absolute atomic E-state index is 0.526. The zero-order valence-electron chi connectivity index (χ0n) is 10.0. The Morgan fingerprint density at radius 3 is 2.79 bits per heavy atom. The van der Waals surface area contributed by atoms with Gasteiger partial charge in [0.25, 0.3) is 0 Å². The van der Waals surface area contributed by atoms with Gasteiger partial charge >= 0.3 is 0 Å². The van der Waals surface area contributed by atoms with Crippen molar-refractivity contribution in [3.63, 3.8) is 0 Å². The van der Waals surface area contributed by atoms with Gasteiger partial charge in [0.1, 0.15) is 11.0 Å². The summed E-state index contributed by atoms with van der Waals surface area (Å²) in [6.45, 7) is 0.664. The Morgan fingerprint density at radius 1 is 1.26 bits per heavy atom. The highest BCUT2D eigenvalue weighted by Gasteiger charge is 2.13. The minimum Gasteiger partial charge on any atom is -0.376 e. The molecule has 0 saturated carbocycles. The van der Waals surface area contributed by atoms with Gasteiger partial charge in [0.05, 0.1) is 34.0 Å². The van der Waals surface area contributed by atoms with Gasteiger partial charge in [-0.05, 0) is 18.2 Å². The fraction of sp³-hybridized carbons (Fsp3) is 0.167. The smallest absolute Gasteiger partial charge is 0.130 e. The van der Waals surface area contributed by atoms with Crippen molar-refractivity contribution in [2.24, 2.45) is 7.05 Å².